The number of nitro benzene ring substituents is 1. The van der Waals surface area contributed by atoms with E-state index in [2.05, 4.69) is 27.9 Å². The zero-order valence-corrected chi connectivity index (χ0v) is 12.7. The Bertz CT molecular complexity index is 619. The second-order valence-corrected chi connectivity index (χ2v) is 5.44. The van der Waals surface area contributed by atoms with Crippen molar-refractivity contribution >= 4 is 45.6 Å². The van der Waals surface area contributed by atoms with Crippen molar-refractivity contribution in [3.63, 3.8) is 0 Å². The third-order valence-electron chi connectivity index (χ3n) is 2.59. The monoisotopic (exact) mass is 388 g/mol. The summed E-state index contributed by atoms with van der Waals surface area (Å²) in [6.45, 7) is 0.577. The van der Waals surface area contributed by atoms with Crippen molar-refractivity contribution in [2.24, 2.45) is 0 Å². The Morgan fingerprint density at radius 1 is 1.26 bits per heavy atom. The number of anilines is 1. The molecular weight excluding hydrogens is 379 g/mol. The van der Waals surface area contributed by atoms with Gasteiger partial charge < -0.3 is 5.32 Å². The van der Waals surface area contributed by atoms with E-state index in [9.17, 15) is 10.1 Å². The molecule has 0 aliphatic rings. The highest BCUT2D eigenvalue weighted by molar-refractivity contribution is 14.1. The van der Waals surface area contributed by atoms with Gasteiger partial charge in [0.05, 0.1) is 4.92 Å². The van der Waals surface area contributed by atoms with Crippen LogP contribution in [0.4, 0.5) is 11.4 Å². The second-order valence-electron chi connectivity index (χ2n) is 3.87. The topological polar surface area (TPSA) is 55.2 Å². The van der Waals surface area contributed by atoms with Gasteiger partial charge in [0.2, 0.25) is 0 Å². The van der Waals surface area contributed by atoms with Crippen LogP contribution in [0.5, 0.6) is 0 Å². The molecule has 0 saturated carbocycles. The summed E-state index contributed by atoms with van der Waals surface area (Å²) in [5.74, 6) is 0. The molecular formula is C13H10ClIN2O2. The Labute approximate surface area is 129 Å². The van der Waals surface area contributed by atoms with Crippen molar-refractivity contribution in [2.45, 2.75) is 6.54 Å². The second kappa shape index (κ2) is 6.21. The molecule has 4 nitrogen and oxygen atoms in total. The fourth-order valence-corrected chi connectivity index (χ4v) is 2.49. The maximum Gasteiger partial charge on any atom is 0.270 e. The van der Waals surface area contributed by atoms with E-state index in [1.165, 1.54) is 12.1 Å². The highest BCUT2D eigenvalue weighted by Gasteiger charge is 2.09. The van der Waals surface area contributed by atoms with Gasteiger partial charge in [0.15, 0.2) is 0 Å². The zero-order chi connectivity index (χ0) is 13.8. The first kappa shape index (κ1) is 14.1. The number of nitro groups is 1. The predicted octanol–water partition coefficient (Wildman–Crippen LogP) is 4.46. The number of hydrogen-bond donors (Lipinski definition) is 1. The lowest BCUT2D eigenvalue weighted by Crippen LogP contribution is -2.02. The van der Waals surface area contributed by atoms with E-state index >= 15 is 0 Å². The van der Waals surface area contributed by atoms with Crippen molar-refractivity contribution in [3.8, 4) is 0 Å². The summed E-state index contributed by atoms with van der Waals surface area (Å²) in [6, 6.07) is 12.3. The van der Waals surface area contributed by atoms with Gasteiger partial charge in [0.25, 0.3) is 5.69 Å². The van der Waals surface area contributed by atoms with Crippen molar-refractivity contribution < 1.29 is 4.92 Å². The van der Waals surface area contributed by atoms with Gasteiger partial charge in [-0.3, -0.25) is 10.1 Å². The van der Waals surface area contributed by atoms with Crippen molar-refractivity contribution in [1.29, 1.82) is 0 Å². The molecule has 0 fully saturated rings. The average molecular weight is 389 g/mol. The van der Waals surface area contributed by atoms with Gasteiger partial charge in [0, 0.05) is 33.0 Å². The van der Waals surface area contributed by atoms with Gasteiger partial charge in [0.1, 0.15) is 0 Å². The lowest BCUT2D eigenvalue weighted by atomic mass is 10.2. The molecule has 19 heavy (non-hydrogen) atoms. The molecule has 0 heterocycles. The molecule has 0 bridgehead atoms. The van der Waals surface area contributed by atoms with Crippen LogP contribution < -0.4 is 5.32 Å². The molecule has 0 amide bonds. The summed E-state index contributed by atoms with van der Waals surface area (Å²) in [6.07, 6.45) is 0. The maximum absolute atomic E-state index is 10.7. The Kier molecular flexibility index (Phi) is 4.60. The van der Waals surface area contributed by atoms with Crippen LogP contribution in [0, 0.1) is 13.7 Å². The van der Waals surface area contributed by atoms with Gasteiger partial charge in [-0.1, -0.05) is 29.8 Å². The Hall–Kier alpha value is -1.34. The van der Waals surface area contributed by atoms with E-state index in [0.717, 1.165) is 14.8 Å². The van der Waals surface area contributed by atoms with Crippen LogP contribution in [-0.4, -0.2) is 4.92 Å². The standard InChI is InChI=1S/C13H10ClIN2O2/c14-11-4-2-1-3-9(11)8-16-13-6-5-10(17(18)19)7-12(13)15/h1-7,16H,8H2. The van der Waals surface area contributed by atoms with E-state index < -0.39 is 4.92 Å². The smallest absolute Gasteiger partial charge is 0.270 e. The molecule has 0 unspecified atom stereocenters. The first-order valence-electron chi connectivity index (χ1n) is 5.49. The Morgan fingerprint density at radius 3 is 2.63 bits per heavy atom. The molecule has 0 aliphatic carbocycles. The minimum absolute atomic E-state index is 0.0905. The molecule has 6 heteroatoms. The SMILES string of the molecule is O=[N+]([O-])c1ccc(NCc2ccccc2Cl)c(I)c1. The fraction of sp³-hybridized carbons (Fsp3) is 0.0769. The molecule has 2 rings (SSSR count). The normalized spacial score (nSPS) is 10.2. The van der Waals surface area contributed by atoms with E-state index in [4.69, 9.17) is 11.6 Å². The van der Waals surface area contributed by atoms with Gasteiger partial charge >= 0.3 is 0 Å². The van der Waals surface area contributed by atoms with Crippen LogP contribution in [0.15, 0.2) is 42.5 Å². The zero-order valence-electron chi connectivity index (χ0n) is 9.77. The lowest BCUT2D eigenvalue weighted by molar-refractivity contribution is -0.384. The van der Waals surface area contributed by atoms with Crippen LogP contribution in [0.3, 0.4) is 0 Å². The molecule has 2 aromatic rings. The van der Waals surface area contributed by atoms with Gasteiger partial charge in [-0.15, -0.1) is 0 Å². The molecule has 0 radical (unpaired) electrons. The van der Waals surface area contributed by atoms with Crippen molar-refractivity contribution in [1.82, 2.24) is 0 Å². The quantitative estimate of drug-likeness (QED) is 0.478. The predicted molar refractivity (Wildman–Crippen MR) is 84.6 cm³/mol. The highest BCUT2D eigenvalue weighted by Crippen LogP contribution is 2.25. The van der Waals surface area contributed by atoms with Crippen molar-refractivity contribution in [2.75, 3.05) is 5.32 Å². The Morgan fingerprint density at radius 2 is 2.00 bits per heavy atom. The number of halogens is 2. The minimum atomic E-state index is -0.403. The molecule has 0 aromatic heterocycles. The van der Waals surface area contributed by atoms with E-state index in [-0.39, 0.29) is 5.69 Å². The molecule has 0 spiro atoms. The molecule has 98 valence electrons. The first-order chi connectivity index (χ1) is 9.08. The number of rotatable bonds is 4. The average Bonchev–Trinajstić information content (AvgIpc) is 2.39. The van der Waals surface area contributed by atoms with Crippen LogP contribution in [-0.2, 0) is 6.54 Å². The number of benzene rings is 2. The lowest BCUT2D eigenvalue weighted by Gasteiger charge is -2.09. The Balaban J connectivity index is 2.12. The molecule has 0 aliphatic heterocycles. The fourth-order valence-electron chi connectivity index (χ4n) is 1.59. The highest BCUT2D eigenvalue weighted by atomic mass is 127. The maximum atomic E-state index is 10.7. The molecule has 0 atom stereocenters. The third-order valence-corrected chi connectivity index (χ3v) is 3.85. The summed E-state index contributed by atoms with van der Waals surface area (Å²) in [5, 5.41) is 14.6. The first-order valence-corrected chi connectivity index (χ1v) is 6.95. The van der Waals surface area contributed by atoms with E-state index in [1.54, 1.807) is 6.07 Å². The number of nitrogens with one attached hydrogen (secondary N) is 1. The molecule has 2 aromatic carbocycles. The summed E-state index contributed by atoms with van der Waals surface area (Å²) in [4.78, 5) is 10.3. The largest absolute Gasteiger partial charge is 0.380 e. The van der Waals surface area contributed by atoms with Crippen LogP contribution in [0.1, 0.15) is 5.56 Å². The van der Waals surface area contributed by atoms with E-state index in [1.807, 2.05) is 24.3 Å². The summed E-state index contributed by atoms with van der Waals surface area (Å²) < 4.78 is 0.804. The third kappa shape index (κ3) is 3.57. The van der Waals surface area contributed by atoms with Gasteiger partial charge in [-0.2, -0.15) is 0 Å². The summed E-state index contributed by atoms with van der Waals surface area (Å²) in [7, 11) is 0. The van der Waals surface area contributed by atoms with Crippen LogP contribution in [0.2, 0.25) is 5.02 Å². The number of hydrogen-bond acceptors (Lipinski definition) is 3. The summed E-state index contributed by atoms with van der Waals surface area (Å²) in [5.41, 5.74) is 1.93. The molecule has 0 saturated heterocycles. The number of non-ortho nitro benzene ring substituents is 1. The van der Waals surface area contributed by atoms with Gasteiger partial charge in [-0.05, 0) is 40.3 Å². The minimum Gasteiger partial charge on any atom is -0.380 e. The van der Waals surface area contributed by atoms with Crippen LogP contribution >= 0.6 is 34.2 Å². The van der Waals surface area contributed by atoms with E-state index in [0.29, 0.717) is 11.6 Å². The molecule has 1 N–H and O–H groups in total. The number of nitrogens with zero attached hydrogens (tertiary/aromatic N) is 1. The van der Waals surface area contributed by atoms with Crippen LogP contribution in [0.25, 0.3) is 0 Å². The van der Waals surface area contributed by atoms with Gasteiger partial charge in [-0.25, -0.2) is 0 Å². The summed E-state index contributed by atoms with van der Waals surface area (Å²) >= 11 is 8.14. The van der Waals surface area contributed by atoms with Crippen molar-refractivity contribution in [3.05, 3.63) is 66.7 Å².